The zero-order valence-electron chi connectivity index (χ0n) is 15.5. The molecule has 1 aromatic heterocycles. The Morgan fingerprint density at radius 2 is 2.00 bits per heavy atom. The van der Waals surface area contributed by atoms with E-state index in [1.165, 1.54) is 6.07 Å². The smallest absolute Gasteiger partial charge is 0.272 e. The molecule has 2 aliphatic heterocycles. The fourth-order valence-electron chi connectivity index (χ4n) is 3.71. The molecule has 4 rings (SSSR count). The molecular formula is C19H22N4O4S. The summed E-state index contributed by atoms with van der Waals surface area (Å²) in [4.78, 5) is 18.6. The molecule has 0 saturated carbocycles. The number of hydrogen-bond acceptors (Lipinski definition) is 6. The van der Waals surface area contributed by atoms with Gasteiger partial charge in [-0.1, -0.05) is 6.07 Å². The molecule has 8 nitrogen and oxygen atoms in total. The molecule has 2 N–H and O–H groups in total. The molecule has 2 aromatic rings. The second kappa shape index (κ2) is 7.40. The third-order valence-electron chi connectivity index (χ3n) is 5.25. The van der Waals surface area contributed by atoms with Crippen molar-refractivity contribution in [3.05, 3.63) is 48.3 Å². The maximum absolute atomic E-state index is 12.6. The van der Waals surface area contributed by atoms with Gasteiger partial charge in [-0.25, -0.2) is 8.42 Å². The van der Waals surface area contributed by atoms with Crippen LogP contribution in [0.5, 0.6) is 5.75 Å². The minimum Gasteiger partial charge on any atom is -0.497 e. The molecule has 1 fully saturated rings. The molecule has 1 amide bonds. The molecule has 1 atom stereocenters. The quantitative estimate of drug-likeness (QED) is 0.810. The highest BCUT2D eigenvalue weighted by Crippen LogP contribution is 2.33. The molecule has 1 aromatic carbocycles. The van der Waals surface area contributed by atoms with Gasteiger partial charge in [-0.05, 0) is 43.0 Å². The van der Waals surface area contributed by atoms with Crippen LogP contribution in [0.4, 0.5) is 5.69 Å². The van der Waals surface area contributed by atoms with E-state index in [4.69, 9.17) is 4.74 Å². The first kappa shape index (κ1) is 18.7. The topological polar surface area (TPSA) is 101 Å². The predicted octanol–water partition coefficient (Wildman–Crippen LogP) is 1.67. The molecule has 2 aliphatic rings. The summed E-state index contributed by atoms with van der Waals surface area (Å²) in [7, 11) is -2.05. The lowest BCUT2D eigenvalue weighted by atomic mass is 9.93. The van der Waals surface area contributed by atoms with Crippen LogP contribution < -0.4 is 14.8 Å². The number of aromatic nitrogens is 1. The van der Waals surface area contributed by atoms with Crippen molar-refractivity contribution in [3.63, 3.8) is 0 Å². The second-order valence-electron chi connectivity index (χ2n) is 6.95. The minimum absolute atomic E-state index is 0.0712. The molecule has 0 bridgehead atoms. The number of likely N-dealkylation sites (tertiary alicyclic amines) is 1. The second-order valence-corrected chi connectivity index (χ2v) is 8.63. The van der Waals surface area contributed by atoms with Gasteiger partial charge < -0.3 is 15.0 Å². The summed E-state index contributed by atoms with van der Waals surface area (Å²) in [6.07, 6.45) is 2.57. The van der Waals surface area contributed by atoms with Gasteiger partial charge in [0.1, 0.15) is 16.3 Å². The molecule has 0 radical (unpaired) electrons. The Labute approximate surface area is 164 Å². The molecule has 1 saturated heterocycles. The number of fused-ring (bicyclic) bond motifs is 1. The molecule has 3 heterocycles. The van der Waals surface area contributed by atoms with Gasteiger partial charge in [0, 0.05) is 25.4 Å². The van der Waals surface area contributed by atoms with E-state index < -0.39 is 16.2 Å². The van der Waals surface area contributed by atoms with Gasteiger partial charge in [0.25, 0.3) is 5.91 Å². The third kappa shape index (κ3) is 3.55. The van der Waals surface area contributed by atoms with E-state index in [9.17, 15) is 13.2 Å². The highest BCUT2D eigenvalue weighted by molar-refractivity contribution is 7.89. The molecule has 0 spiro atoms. The number of nitrogens with one attached hydrogen (secondary N) is 2. The summed E-state index contributed by atoms with van der Waals surface area (Å²) < 4.78 is 33.2. The Bertz CT molecular complexity index is 973. The van der Waals surface area contributed by atoms with Gasteiger partial charge in [0.2, 0.25) is 10.0 Å². The van der Waals surface area contributed by atoms with Crippen LogP contribution in [-0.2, 0) is 10.0 Å². The average molecular weight is 402 g/mol. The van der Waals surface area contributed by atoms with Crippen LogP contribution in [0.15, 0.2) is 47.5 Å². The van der Waals surface area contributed by atoms with Gasteiger partial charge in [0.15, 0.2) is 0 Å². The predicted molar refractivity (Wildman–Crippen MR) is 104 cm³/mol. The van der Waals surface area contributed by atoms with Gasteiger partial charge in [0.05, 0.1) is 19.0 Å². The largest absolute Gasteiger partial charge is 0.497 e. The Balaban J connectivity index is 1.46. The van der Waals surface area contributed by atoms with E-state index in [-0.39, 0.29) is 16.7 Å². The standard InChI is InChI=1S/C19H22N4O4S/c1-27-14-5-6-17-16(12-14)21-18(22-28(17,25)26)13-7-10-23(11-8-13)19(24)15-4-2-3-9-20-15/h2-6,9,12-13,18,21-22H,7-8,10-11H2,1H3/t18-/m1/s1. The van der Waals surface area contributed by atoms with Crippen LogP contribution in [0.3, 0.4) is 0 Å². The lowest BCUT2D eigenvalue weighted by Crippen LogP contribution is -2.52. The zero-order valence-corrected chi connectivity index (χ0v) is 16.3. The lowest BCUT2D eigenvalue weighted by molar-refractivity contribution is 0.0673. The molecule has 0 aliphatic carbocycles. The lowest BCUT2D eigenvalue weighted by Gasteiger charge is -2.38. The highest BCUT2D eigenvalue weighted by Gasteiger charge is 2.36. The van der Waals surface area contributed by atoms with E-state index in [1.54, 1.807) is 48.5 Å². The SMILES string of the molecule is COc1ccc2c(c1)N[C@@H](C1CCN(C(=O)c3ccccn3)CC1)NS2(=O)=O. The first-order valence-corrected chi connectivity index (χ1v) is 10.6. The number of sulfonamides is 1. The zero-order chi connectivity index (χ0) is 19.7. The molecule has 9 heteroatoms. The number of carbonyl (C=O) groups is 1. The fraction of sp³-hybridized carbons (Fsp3) is 0.368. The number of methoxy groups -OCH3 is 1. The Morgan fingerprint density at radius 3 is 2.68 bits per heavy atom. The molecule has 28 heavy (non-hydrogen) atoms. The van der Waals surface area contributed by atoms with Crippen molar-refractivity contribution < 1.29 is 17.9 Å². The monoisotopic (exact) mass is 402 g/mol. The third-order valence-corrected chi connectivity index (χ3v) is 6.75. The van der Waals surface area contributed by atoms with Crippen molar-refractivity contribution in [1.82, 2.24) is 14.6 Å². The Morgan fingerprint density at radius 1 is 1.21 bits per heavy atom. The van der Waals surface area contributed by atoms with Crippen LogP contribution >= 0.6 is 0 Å². The van der Waals surface area contributed by atoms with E-state index in [2.05, 4.69) is 15.0 Å². The van der Waals surface area contributed by atoms with Crippen molar-refractivity contribution in [1.29, 1.82) is 0 Å². The number of pyridine rings is 1. The summed E-state index contributed by atoms with van der Waals surface area (Å²) in [6.45, 7) is 1.12. The van der Waals surface area contributed by atoms with E-state index in [0.29, 0.717) is 43.1 Å². The maximum Gasteiger partial charge on any atom is 0.272 e. The molecule has 0 unspecified atom stereocenters. The fourth-order valence-corrected chi connectivity index (χ4v) is 5.08. The molecular weight excluding hydrogens is 380 g/mol. The summed E-state index contributed by atoms with van der Waals surface area (Å²) in [5.41, 5.74) is 0.966. The van der Waals surface area contributed by atoms with Crippen molar-refractivity contribution in [2.45, 2.75) is 23.9 Å². The minimum atomic E-state index is -3.60. The van der Waals surface area contributed by atoms with Crippen LogP contribution in [0, 0.1) is 5.92 Å². The van der Waals surface area contributed by atoms with Gasteiger partial charge in [-0.2, -0.15) is 4.72 Å². The van der Waals surface area contributed by atoms with Gasteiger partial charge in [-0.15, -0.1) is 0 Å². The number of amides is 1. The Kier molecular flexibility index (Phi) is 4.94. The number of rotatable bonds is 3. The number of piperidine rings is 1. The highest BCUT2D eigenvalue weighted by atomic mass is 32.2. The average Bonchev–Trinajstić information content (AvgIpc) is 2.73. The normalized spacial score (nSPS) is 21.5. The van der Waals surface area contributed by atoms with Crippen LogP contribution in [0.1, 0.15) is 23.3 Å². The van der Waals surface area contributed by atoms with Gasteiger partial charge >= 0.3 is 0 Å². The first-order valence-electron chi connectivity index (χ1n) is 9.15. The molecule has 148 valence electrons. The summed E-state index contributed by atoms with van der Waals surface area (Å²) in [5, 5.41) is 3.29. The number of benzene rings is 1. The van der Waals surface area contributed by atoms with Crippen LogP contribution in [-0.4, -0.2) is 50.6 Å². The number of carbonyl (C=O) groups excluding carboxylic acids is 1. The first-order chi connectivity index (χ1) is 13.5. The van der Waals surface area contributed by atoms with Crippen molar-refractivity contribution in [3.8, 4) is 5.75 Å². The number of anilines is 1. The van der Waals surface area contributed by atoms with E-state index in [1.807, 2.05) is 0 Å². The van der Waals surface area contributed by atoms with Crippen molar-refractivity contribution in [2.24, 2.45) is 5.92 Å². The van der Waals surface area contributed by atoms with Crippen molar-refractivity contribution >= 4 is 21.6 Å². The van der Waals surface area contributed by atoms with Gasteiger partial charge in [-0.3, -0.25) is 9.78 Å². The maximum atomic E-state index is 12.6. The van der Waals surface area contributed by atoms with E-state index >= 15 is 0 Å². The number of nitrogens with zero attached hydrogens (tertiary/aromatic N) is 2. The summed E-state index contributed by atoms with van der Waals surface area (Å²) in [5.74, 6) is 0.575. The van der Waals surface area contributed by atoms with E-state index in [0.717, 1.165) is 0 Å². The summed E-state index contributed by atoms with van der Waals surface area (Å²) >= 11 is 0. The van der Waals surface area contributed by atoms with Crippen LogP contribution in [0.25, 0.3) is 0 Å². The number of hydrogen-bond donors (Lipinski definition) is 2. The van der Waals surface area contributed by atoms with Crippen LogP contribution in [0.2, 0.25) is 0 Å². The van der Waals surface area contributed by atoms with Crippen molar-refractivity contribution in [2.75, 3.05) is 25.5 Å². The summed E-state index contributed by atoms with van der Waals surface area (Å²) in [6, 6.07) is 10.1. The Hall–Kier alpha value is -2.65. The number of ether oxygens (including phenoxy) is 1.